The summed E-state index contributed by atoms with van der Waals surface area (Å²) < 4.78 is 0. The first-order valence-corrected chi connectivity index (χ1v) is 3.68. The van der Waals surface area contributed by atoms with Gasteiger partial charge in [-0.25, -0.2) is 0 Å². The summed E-state index contributed by atoms with van der Waals surface area (Å²) in [7, 11) is 1.63. The van der Waals surface area contributed by atoms with E-state index in [0.29, 0.717) is 0 Å². The molecule has 1 amide bonds. The first-order valence-electron chi connectivity index (χ1n) is 3.68. The monoisotopic (exact) mass is 153 g/mol. The van der Waals surface area contributed by atoms with Gasteiger partial charge in [-0.3, -0.25) is 4.79 Å². The normalized spacial score (nSPS) is 11.5. The fourth-order valence-corrected chi connectivity index (χ4v) is 0.802. The van der Waals surface area contributed by atoms with Crippen LogP contribution in [0.4, 0.5) is 0 Å². The fraction of sp³-hybridized carbons (Fsp3) is 0.444. The minimum atomic E-state index is -0.0279. The van der Waals surface area contributed by atoms with Crippen molar-refractivity contribution in [3.05, 3.63) is 24.3 Å². The molecule has 0 aromatic rings. The van der Waals surface area contributed by atoms with Crippen molar-refractivity contribution in [3.63, 3.8) is 0 Å². The molecule has 0 aliphatic rings. The third-order valence-corrected chi connectivity index (χ3v) is 1.41. The Kier molecular flexibility index (Phi) is 4.27. The number of carbonyl (C=O) groups excluding carboxylic acids is 1. The topological polar surface area (TPSA) is 29.1 Å². The largest absolute Gasteiger partial charge is 0.355 e. The quantitative estimate of drug-likeness (QED) is 0.483. The van der Waals surface area contributed by atoms with Gasteiger partial charge in [0.2, 0.25) is 5.91 Å². The van der Waals surface area contributed by atoms with Crippen LogP contribution >= 0.6 is 0 Å². The smallest absolute Gasteiger partial charge is 0.247 e. The zero-order valence-corrected chi connectivity index (χ0v) is 7.35. The van der Waals surface area contributed by atoms with Crippen molar-refractivity contribution in [1.82, 2.24) is 5.32 Å². The van der Waals surface area contributed by atoms with Crippen molar-refractivity contribution < 1.29 is 4.79 Å². The third-order valence-electron chi connectivity index (χ3n) is 1.41. The predicted octanol–water partition coefficient (Wildman–Crippen LogP) is 1.50. The Hall–Kier alpha value is -1.05. The second-order valence-corrected chi connectivity index (χ2v) is 2.59. The molecule has 2 heteroatoms. The van der Waals surface area contributed by atoms with Gasteiger partial charge in [0, 0.05) is 12.6 Å². The number of amides is 1. The Morgan fingerprint density at radius 3 is 2.36 bits per heavy atom. The molecule has 0 saturated heterocycles. The van der Waals surface area contributed by atoms with Crippen molar-refractivity contribution in [2.75, 3.05) is 7.05 Å². The average molecular weight is 153 g/mol. The van der Waals surface area contributed by atoms with Crippen LogP contribution < -0.4 is 5.32 Å². The summed E-state index contributed by atoms with van der Waals surface area (Å²) in [6.45, 7) is 7.50. The lowest BCUT2D eigenvalue weighted by Gasteiger charge is -2.07. The molecule has 0 spiro atoms. The van der Waals surface area contributed by atoms with Crippen LogP contribution in [0.15, 0.2) is 24.3 Å². The minimum absolute atomic E-state index is 0.0279. The van der Waals surface area contributed by atoms with Gasteiger partial charge in [0.05, 0.1) is 0 Å². The van der Waals surface area contributed by atoms with Crippen LogP contribution in [-0.2, 0) is 4.79 Å². The van der Waals surface area contributed by atoms with Crippen LogP contribution in [0.1, 0.15) is 13.8 Å². The minimum Gasteiger partial charge on any atom is -0.355 e. The van der Waals surface area contributed by atoms with Crippen LogP contribution in [0.25, 0.3) is 0 Å². The number of hydrogen-bond acceptors (Lipinski definition) is 1. The van der Waals surface area contributed by atoms with Crippen molar-refractivity contribution in [2.45, 2.75) is 13.8 Å². The van der Waals surface area contributed by atoms with E-state index in [1.54, 1.807) is 19.2 Å². The van der Waals surface area contributed by atoms with Crippen LogP contribution in [0.5, 0.6) is 0 Å². The molecule has 0 heterocycles. The Bertz CT molecular complexity index is 180. The molecule has 1 N–H and O–H groups in total. The molecule has 0 aliphatic heterocycles. The fourth-order valence-electron chi connectivity index (χ4n) is 0.802. The second kappa shape index (κ2) is 4.72. The highest BCUT2D eigenvalue weighted by Crippen LogP contribution is 2.08. The molecule has 11 heavy (non-hydrogen) atoms. The summed E-state index contributed by atoms with van der Waals surface area (Å²) in [5.74, 6) is 0.216. The molecular weight excluding hydrogens is 138 g/mol. The number of rotatable bonds is 3. The van der Waals surface area contributed by atoms with Crippen LogP contribution in [-0.4, -0.2) is 13.0 Å². The van der Waals surface area contributed by atoms with Gasteiger partial charge in [-0.2, -0.15) is 0 Å². The molecule has 0 unspecified atom stereocenters. The van der Waals surface area contributed by atoms with Gasteiger partial charge in [0.15, 0.2) is 0 Å². The van der Waals surface area contributed by atoms with Gasteiger partial charge in [0.25, 0.3) is 0 Å². The lowest BCUT2D eigenvalue weighted by atomic mass is 10.0. The Balaban J connectivity index is 4.47. The lowest BCUT2D eigenvalue weighted by Crippen LogP contribution is -2.22. The molecule has 0 fully saturated rings. The van der Waals surface area contributed by atoms with Gasteiger partial charge in [-0.15, -0.1) is 0 Å². The summed E-state index contributed by atoms with van der Waals surface area (Å²) in [5, 5.41) is 2.58. The van der Waals surface area contributed by atoms with E-state index in [4.69, 9.17) is 0 Å². The summed E-state index contributed by atoms with van der Waals surface area (Å²) >= 11 is 0. The van der Waals surface area contributed by atoms with E-state index in [0.717, 1.165) is 5.57 Å². The first-order chi connectivity index (χ1) is 5.13. The molecule has 0 aromatic carbocycles. The second-order valence-electron chi connectivity index (χ2n) is 2.59. The maximum Gasteiger partial charge on any atom is 0.247 e. The molecule has 0 saturated carbocycles. The summed E-state index contributed by atoms with van der Waals surface area (Å²) in [6, 6.07) is 0. The highest BCUT2D eigenvalue weighted by Gasteiger charge is 2.09. The standard InChI is InChI=1S/C9H15NO/c1-5-6-8(7(2)3)9(11)10-4/h5-7H,1H2,2-4H3,(H,10,11)/b8-6-. The molecule has 0 bridgehead atoms. The number of carbonyl (C=O) groups is 1. The molecule has 0 aromatic heterocycles. The van der Waals surface area contributed by atoms with Crippen molar-refractivity contribution in [1.29, 1.82) is 0 Å². The van der Waals surface area contributed by atoms with E-state index in [2.05, 4.69) is 11.9 Å². The van der Waals surface area contributed by atoms with Gasteiger partial charge in [-0.05, 0) is 5.92 Å². The van der Waals surface area contributed by atoms with E-state index in [1.807, 2.05) is 13.8 Å². The number of nitrogens with one attached hydrogen (secondary N) is 1. The van der Waals surface area contributed by atoms with Crippen molar-refractivity contribution in [3.8, 4) is 0 Å². The Morgan fingerprint density at radius 2 is 2.09 bits per heavy atom. The molecule has 0 atom stereocenters. The first kappa shape index (κ1) is 9.95. The number of hydrogen-bond donors (Lipinski definition) is 1. The zero-order valence-electron chi connectivity index (χ0n) is 7.35. The van der Waals surface area contributed by atoms with E-state index in [1.165, 1.54) is 0 Å². The zero-order chi connectivity index (χ0) is 8.85. The van der Waals surface area contributed by atoms with E-state index >= 15 is 0 Å². The molecule has 0 aliphatic carbocycles. The molecule has 62 valence electrons. The third kappa shape index (κ3) is 3.03. The van der Waals surface area contributed by atoms with Crippen LogP contribution in [0, 0.1) is 5.92 Å². The predicted molar refractivity (Wildman–Crippen MR) is 47.2 cm³/mol. The Labute approximate surface area is 68.0 Å². The van der Waals surface area contributed by atoms with Crippen LogP contribution in [0.3, 0.4) is 0 Å². The highest BCUT2D eigenvalue weighted by atomic mass is 16.1. The van der Waals surface area contributed by atoms with Crippen LogP contribution in [0.2, 0.25) is 0 Å². The molecule has 0 rings (SSSR count). The molecule has 0 radical (unpaired) electrons. The van der Waals surface area contributed by atoms with Gasteiger partial charge < -0.3 is 5.32 Å². The molecule has 2 nitrogen and oxygen atoms in total. The average Bonchev–Trinajstić information content (AvgIpc) is 1.98. The van der Waals surface area contributed by atoms with Crippen molar-refractivity contribution >= 4 is 5.91 Å². The van der Waals surface area contributed by atoms with Gasteiger partial charge in [0.1, 0.15) is 0 Å². The SMILES string of the molecule is C=C/C=C(\C(=O)NC)C(C)C. The van der Waals surface area contributed by atoms with Crippen molar-refractivity contribution in [2.24, 2.45) is 5.92 Å². The summed E-state index contributed by atoms with van der Waals surface area (Å²) in [4.78, 5) is 11.1. The number of likely N-dealkylation sites (N-methyl/N-ethyl adjacent to an activating group) is 1. The van der Waals surface area contributed by atoms with Gasteiger partial charge >= 0.3 is 0 Å². The summed E-state index contributed by atoms with van der Waals surface area (Å²) in [5.41, 5.74) is 0.766. The highest BCUT2D eigenvalue weighted by molar-refractivity contribution is 5.93. The van der Waals surface area contributed by atoms with E-state index in [-0.39, 0.29) is 11.8 Å². The summed E-state index contributed by atoms with van der Waals surface area (Å²) in [6.07, 6.45) is 3.37. The van der Waals surface area contributed by atoms with E-state index < -0.39 is 0 Å². The number of allylic oxidation sites excluding steroid dienone is 2. The maximum atomic E-state index is 11.1. The molecular formula is C9H15NO. The maximum absolute atomic E-state index is 11.1. The lowest BCUT2D eigenvalue weighted by molar-refractivity contribution is -0.117. The Morgan fingerprint density at radius 1 is 1.55 bits per heavy atom. The van der Waals surface area contributed by atoms with E-state index in [9.17, 15) is 4.79 Å². The van der Waals surface area contributed by atoms with Gasteiger partial charge in [-0.1, -0.05) is 32.6 Å².